The van der Waals surface area contributed by atoms with Crippen molar-refractivity contribution >= 4 is 34.3 Å². The summed E-state index contributed by atoms with van der Waals surface area (Å²) in [4.78, 5) is 5.97. The van der Waals surface area contributed by atoms with Crippen LogP contribution in [-0.2, 0) is 0 Å². The molecule has 0 unspecified atom stereocenters. The highest BCUT2D eigenvalue weighted by Gasteiger charge is 2.14. The Morgan fingerprint density at radius 3 is 2.22 bits per heavy atom. The van der Waals surface area contributed by atoms with Crippen LogP contribution >= 0.6 is 23.4 Å². The van der Waals surface area contributed by atoms with Crippen LogP contribution in [0.3, 0.4) is 0 Å². The molecule has 1 nitrogen and oxygen atoms in total. The number of halogens is 1. The molecule has 1 aromatic heterocycles. The van der Waals surface area contributed by atoms with Crippen LogP contribution < -0.4 is 0 Å². The van der Waals surface area contributed by atoms with Gasteiger partial charge in [-0.25, -0.2) is 0 Å². The molecule has 0 atom stereocenters. The van der Waals surface area contributed by atoms with E-state index < -0.39 is 0 Å². The number of aromatic nitrogens is 1. The molecule has 0 saturated carbocycles. The van der Waals surface area contributed by atoms with Gasteiger partial charge in [0.15, 0.2) is 0 Å². The highest BCUT2D eigenvalue weighted by molar-refractivity contribution is 7.99. The van der Waals surface area contributed by atoms with E-state index in [9.17, 15) is 0 Å². The minimum absolute atomic E-state index is 0.756. The van der Waals surface area contributed by atoms with Crippen LogP contribution in [-0.4, -0.2) is 4.98 Å². The number of fused-ring (bicyclic) bond motifs is 1. The van der Waals surface area contributed by atoms with Crippen molar-refractivity contribution in [3.63, 3.8) is 0 Å². The summed E-state index contributed by atoms with van der Waals surface area (Å²) in [5, 5.41) is 1.91. The predicted molar refractivity (Wildman–Crippen MR) is 99.3 cm³/mol. The fourth-order valence-electron chi connectivity index (χ4n) is 2.66. The predicted octanol–water partition coefficient (Wildman–Crippen LogP) is 6.64. The SMILES string of the molecule is Clc1ccc2[nH]c(-c3ccccc3)c(Sc3ccccc3)c2c1. The van der Waals surface area contributed by atoms with E-state index in [-0.39, 0.29) is 0 Å². The van der Waals surface area contributed by atoms with E-state index in [1.165, 1.54) is 15.4 Å². The van der Waals surface area contributed by atoms with Crippen molar-refractivity contribution in [2.75, 3.05) is 0 Å². The normalized spacial score (nSPS) is 11.0. The average molecular weight is 336 g/mol. The van der Waals surface area contributed by atoms with Gasteiger partial charge in [0.2, 0.25) is 0 Å². The molecular weight excluding hydrogens is 322 g/mol. The lowest BCUT2D eigenvalue weighted by molar-refractivity contribution is 1.38. The third-order valence-electron chi connectivity index (χ3n) is 3.74. The second-order valence-corrected chi connectivity index (χ2v) is 6.82. The second-order valence-electron chi connectivity index (χ2n) is 5.30. The van der Waals surface area contributed by atoms with Crippen LogP contribution in [0.4, 0.5) is 0 Å². The van der Waals surface area contributed by atoms with E-state index in [1.807, 2.05) is 30.3 Å². The van der Waals surface area contributed by atoms with Gasteiger partial charge in [-0.05, 0) is 35.9 Å². The first kappa shape index (κ1) is 14.4. The van der Waals surface area contributed by atoms with Crippen LogP contribution in [0.15, 0.2) is 88.7 Å². The quantitative estimate of drug-likeness (QED) is 0.443. The van der Waals surface area contributed by atoms with Gasteiger partial charge in [-0.15, -0.1) is 0 Å². The Morgan fingerprint density at radius 2 is 1.48 bits per heavy atom. The standard InChI is InChI=1S/C20H14ClNS/c21-15-11-12-18-17(13-15)20(23-16-9-5-2-6-10-16)19(22-18)14-7-3-1-4-8-14/h1-13,22H. The van der Waals surface area contributed by atoms with E-state index in [2.05, 4.69) is 53.5 Å². The Hall–Kier alpha value is -2.16. The number of rotatable bonds is 3. The van der Waals surface area contributed by atoms with Gasteiger partial charge in [0.25, 0.3) is 0 Å². The number of aromatic amines is 1. The average Bonchev–Trinajstić information content (AvgIpc) is 2.95. The molecule has 0 spiro atoms. The van der Waals surface area contributed by atoms with E-state index in [0.717, 1.165) is 21.6 Å². The second kappa shape index (κ2) is 6.15. The summed E-state index contributed by atoms with van der Waals surface area (Å²) in [5.74, 6) is 0. The summed E-state index contributed by atoms with van der Waals surface area (Å²) in [6.45, 7) is 0. The van der Waals surface area contributed by atoms with Gasteiger partial charge in [-0.3, -0.25) is 0 Å². The molecule has 3 heteroatoms. The molecule has 1 heterocycles. The molecular formula is C20H14ClNS. The molecule has 0 radical (unpaired) electrons. The highest BCUT2D eigenvalue weighted by Crippen LogP contribution is 2.41. The number of nitrogens with one attached hydrogen (secondary N) is 1. The number of hydrogen-bond donors (Lipinski definition) is 1. The van der Waals surface area contributed by atoms with Crippen LogP contribution in [0, 0.1) is 0 Å². The smallest absolute Gasteiger partial charge is 0.0606 e. The van der Waals surface area contributed by atoms with Crippen LogP contribution in [0.5, 0.6) is 0 Å². The Bertz CT molecular complexity index is 945. The van der Waals surface area contributed by atoms with Gasteiger partial charge < -0.3 is 4.98 Å². The molecule has 4 aromatic rings. The highest BCUT2D eigenvalue weighted by atomic mass is 35.5. The Kier molecular flexibility index (Phi) is 3.86. The Morgan fingerprint density at radius 1 is 0.783 bits per heavy atom. The molecule has 0 amide bonds. The summed E-state index contributed by atoms with van der Waals surface area (Å²) in [7, 11) is 0. The van der Waals surface area contributed by atoms with E-state index in [1.54, 1.807) is 11.8 Å². The lowest BCUT2D eigenvalue weighted by Gasteiger charge is -2.05. The van der Waals surface area contributed by atoms with Crippen molar-refractivity contribution in [2.45, 2.75) is 9.79 Å². The van der Waals surface area contributed by atoms with Crippen molar-refractivity contribution in [1.82, 2.24) is 4.98 Å². The van der Waals surface area contributed by atoms with Gasteiger partial charge in [0, 0.05) is 25.7 Å². The summed E-state index contributed by atoms with van der Waals surface area (Å²) < 4.78 is 0. The van der Waals surface area contributed by atoms with Crippen molar-refractivity contribution < 1.29 is 0 Å². The molecule has 1 N–H and O–H groups in total. The lowest BCUT2D eigenvalue weighted by Crippen LogP contribution is -1.80. The molecule has 0 fully saturated rings. The summed E-state index contributed by atoms with van der Waals surface area (Å²) >= 11 is 7.99. The molecule has 0 aliphatic carbocycles. The first-order valence-corrected chi connectivity index (χ1v) is 8.60. The number of benzene rings is 3. The molecule has 0 aliphatic heterocycles. The monoisotopic (exact) mass is 335 g/mol. The van der Waals surface area contributed by atoms with Crippen molar-refractivity contribution in [3.05, 3.63) is 83.9 Å². The zero-order valence-corrected chi connectivity index (χ0v) is 13.9. The zero-order chi connectivity index (χ0) is 15.6. The van der Waals surface area contributed by atoms with E-state index >= 15 is 0 Å². The lowest BCUT2D eigenvalue weighted by atomic mass is 10.1. The zero-order valence-electron chi connectivity index (χ0n) is 12.3. The number of H-pyrrole nitrogens is 1. The van der Waals surface area contributed by atoms with E-state index in [4.69, 9.17) is 11.6 Å². The Labute approximate surface area is 144 Å². The van der Waals surface area contributed by atoms with Crippen LogP contribution in [0.2, 0.25) is 5.02 Å². The van der Waals surface area contributed by atoms with Crippen molar-refractivity contribution in [2.24, 2.45) is 0 Å². The molecule has 112 valence electrons. The van der Waals surface area contributed by atoms with Crippen molar-refractivity contribution in [1.29, 1.82) is 0 Å². The third kappa shape index (κ3) is 2.88. The maximum atomic E-state index is 6.23. The molecule has 0 saturated heterocycles. The van der Waals surface area contributed by atoms with Gasteiger partial charge in [0.05, 0.1) is 5.69 Å². The van der Waals surface area contributed by atoms with Gasteiger partial charge >= 0.3 is 0 Å². The maximum Gasteiger partial charge on any atom is 0.0606 e. The topological polar surface area (TPSA) is 15.8 Å². The minimum atomic E-state index is 0.756. The van der Waals surface area contributed by atoms with E-state index in [0.29, 0.717) is 0 Å². The van der Waals surface area contributed by atoms with Gasteiger partial charge in [-0.2, -0.15) is 0 Å². The first-order valence-electron chi connectivity index (χ1n) is 7.41. The van der Waals surface area contributed by atoms with Crippen LogP contribution in [0.1, 0.15) is 0 Å². The molecule has 4 rings (SSSR count). The van der Waals surface area contributed by atoms with Crippen LogP contribution in [0.25, 0.3) is 22.2 Å². The maximum absolute atomic E-state index is 6.23. The molecule has 23 heavy (non-hydrogen) atoms. The van der Waals surface area contributed by atoms with Crippen molar-refractivity contribution in [3.8, 4) is 11.3 Å². The largest absolute Gasteiger partial charge is 0.354 e. The molecule has 3 aromatic carbocycles. The summed E-state index contributed by atoms with van der Waals surface area (Å²) in [6.07, 6.45) is 0. The Balaban J connectivity index is 1.93. The number of hydrogen-bond acceptors (Lipinski definition) is 1. The minimum Gasteiger partial charge on any atom is -0.354 e. The van der Waals surface area contributed by atoms with Gasteiger partial charge in [-0.1, -0.05) is 71.9 Å². The fourth-order valence-corrected chi connectivity index (χ4v) is 3.91. The third-order valence-corrected chi connectivity index (χ3v) is 5.11. The summed E-state index contributed by atoms with van der Waals surface area (Å²) in [6, 6.07) is 26.8. The van der Waals surface area contributed by atoms with Gasteiger partial charge in [0.1, 0.15) is 0 Å². The summed E-state index contributed by atoms with van der Waals surface area (Å²) in [5.41, 5.74) is 3.42. The first-order chi connectivity index (χ1) is 11.3. The molecule has 0 aliphatic rings. The molecule has 0 bridgehead atoms. The fraction of sp³-hybridized carbons (Fsp3) is 0.